The van der Waals surface area contributed by atoms with E-state index in [4.69, 9.17) is 0 Å². The molecule has 63 heavy (non-hydrogen) atoms. The molecule has 2 aliphatic rings. The van der Waals surface area contributed by atoms with Gasteiger partial charge in [0.25, 0.3) is 0 Å². The molecule has 308 valence electrons. The predicted octanol–water partition coefficient (Wildman–Crippen LogP) is 17.2. The molecule has 0 heterocycles. The third-order valence-corrected chi connectivity index (χ3v) is 16.2. The average molecular weight is 926 g/mol. The number of benzene rings is 9. The first-order chi connectivity index (χ1) is 30.6. The molecule has 9 aromatic rings. The second kappa shape index (κ2) is 15.2. The molecule has 1 nitrogen and oxygen atoms in total. The van der Waals surface area contributed by atoms with Gasteiger partial charge in [-0.1, -0.05) is 111 Å². The van der Waals surface area contributed by atoms with Crippen molar-refractivity contribution in [1.29, 1.82) is 0 Å². The van der Waals surface area contributed by atoms with Gasteiger partial charge >= 0.3 is 245 Å². The van der Waals surface area contributed by atoms with Gasteiger partial charge in [-0.15, -0.1) is 0 Å². The molecule has 0 N–H and O–H groups in total. The Kier molecular flexibility index (Phi) is 9.58. The first-order valence-electron chi connectivity index (χ1n) is 22.1. The summed E-state index contributed by atoms with van der Waals surface area (Å²) in [7, 11) is 0. The van der Waals surface area contributed by atoms with Crippen LogP contribution in [0.5, 0.6) is 0 Å². The van der Waals surface area contributed by atoms with Crippen molar-refractivity contribution in [2.24, 2.45) is 0 Å². The SMILES string of the molecule is CI(C)Cc1cccc(-c2cc(N(c3ccc(-c4ccccc4)cc3)c3ccc(-c4cccc5ccccc45)cc3)c3c(c2)C(C)(C)c2cc4c(cc2-3)C(C)(C)c2ccccc2-4)c1. The van der Waals surface area contributed by atoms with Gasteiger partial charge < -0.3 is 0 Å². The van der Waals surface area contributed by atoms with Crippen LogP contribution in [0.1, 0.15) is 55.5 Å². The predicted molar refractivity (Wildman–Crippen MR) is 280 cm³/mol. The number of hydrogen-bond donors (Lipinski definition) is 0. The molecule has 0 saturated heterocycles. The van der Waals surface area contributed by atoms with Crippen LogP contribution < -0.4 is 4.90 Å². The van der Waals surface area contributed by atoms with Gasteiger partial charge in [-0.3, -0.25) is 0 Å². The van der Waals surface area contributed by atoms with E-state index in [1.54, 1.807) is 0 Å². The van der Waals surface area contributed by atoms with Gasteiger partial charge in [0.15, 0.2) is 0 Å². The summed E-state index contributed by atoms with van der Waals surface area (Å²) < 4.78 is 1.21. The zero-order valence-electron chi connectivity index (χ0n) is 37.0. The van der Waals surface area contributed by atoms with E-state index < -0.39 is 19.8 Å². The third-order valence-electron chi connectivity index (χ3n) is 13.8. The molecule has 0 aliphatic heterocycles. The van der Waals surface area contributed by atoms with E-state index in [1.165, 1.54) is 104 Å². The van der Waals surface area contributed by atoms with Crippen molar-refractivity contribution in [1.82, 2.24) is 0 Å². The molecule has 0 atom stereocenters. The van der Waals surface area contributed by atoms with Crippen molar-refractivity contribution in [2.45, 2.75) is 43.0 Å². The van der Waals surface area contributed by atoms with E-state index in [0.29, 0.717) is 0 Å². The van der Waals surface area contributed by atoms with Gasteiger partial charge in [0, 0.05) is 0 Å². The van der Waals surface area contributed by atoms with Crippen molar-refractivity contribution in [3.63, 3.8) is 0 Å². The van der Waals surface area contributed by atoms with E-state index >= 15 is 0 Å². The summed E-state index contributed by atoms with van der Waals surface area (Å²) in [4.78, 5) is 7.47. The number of alkyl halides is 3. The minimum atomic E-state index is -0.993. The molecule has 11 rings (SSSR count). The van der Waals surface area contributed by atoms with E-state index in [-0.39, 0.29) is 10.8 Å². The minimum absolute atomic E-state index is 0.112. The average Bonchev–Trinajstić information content (AvgIpc) is 3.67. The molecule has 0 unspecified atom stereocenters. The van der Waals surface area contributed by atoms with Gasteiger partial charge in [-0.25, -0.2) is 0 Å². The Morgan fingerprint density at radius 2 is 0.968 bits per heavy atom. The number of fused-ring (bicyclic) bond motifs is 7. The molecule has 0 spiro atoms. The Bertz CT molecular complexity index is 3200. The van der Waals surface area contributed by atoms with Gasteiger partial charge in [0.05, 0.1) is 0 Å². The topological polar surface area (TPSA) is 3.24 Å². The van der Waals surface area contributed by atoms with Crippen LogP contribution in [0.2, 0.25) is 0 Å². The molecule has 0 fully saturated rings. The van der Waals surface area contributed by atoms with Crippen molar-refractivity contribution < 1.29 is 0 Å². The fourth-order valence-electron chi connectivity index (χ4n) is 10.6. The fourth-order valence-corrected chi connectivity index (χ4v) is 12.9. The molecule has 0 radical (unpaired) electrons. The molecule has 2 heteroatoms. The first-order valence-corrected chi connectivity index (χ1v) is 28.0. The van der Waals surface area contributed by atoms with Gasteiger partial charge in [0.1, 0.15) is 0 Å². The third kappa shape index (κ3) is 6.65. The molecule has 0 aromatic heterocycles. The van der Waals surface area contributed by atoms with E-state index in [1.807, 2.05) is 0 Å². The Hall–Kier alpha value is -6.23. The van der Waals surface area contributed by atoms with Crippen LogP contribution in [0.25, 0.3) is 66.4 Å². The number of nitrogens with zero attached hydrogens (tertiary/aromatic N) is 1. The zero-order valence-corrected chi connectivity index (χ0v) is 39.2. The Morgan fingerprint density at radius 1 is 0.397 bits per heavy atom. The maximum atomic E-state index is 2.57. The second-order valence-electron chi connectivity index (χ2n) is 18.7. The van der Waals surface area contributed by atoms with Gasteiger partial charge in [-0.2, -0.15) is 0 Å². The van der Waals surface area contributed by atoms with Crippen molar-refractivity contribution >= 4 is 47.7 Å². The summed E-state index contributed by atoms with van der Waals surface area (Å²) in [5, 5.41) is 2.52. The summed E-state index contributed by atoms with van der Waals surface area (Å²) in [6.45, 7) is 9.70. The first kappa shape index (κ1) is 39.6. The summed E-state index contributed by atoms with van der Waals surface area (Å²) in [5.74, 6) is 0. The van der Waals surface area contributed by atoms with Gasteiger partial charge in [-0.05, 0) is 27.5 Å². The number of anilines is 3. The monoisotopic (exact) mass is 925 g/mol. The molecular formula is C61H52IN. The van der Waals surface area contributed by atoms with E-state index in [0.717, 1.165) is 11.4 Å². The van der Waals surface area contributed by atoms with Crippen LogP contribution in [-0.4, -0.2) is 9.86 Å². The zero-order chi connectivity index (χ0) is 43.0. The molecular weight excluding hydrogens is 874 g/mol. The van der Waals surface area contributed by atoms with Gasteiger partial charge in [0.2, 0.25) is 0 Å². The van der Waals surface area contributed by atoms with E-state index in [2.05, 4.69) is 237 Å². The quantitative estimate of drug-likeness (QED) is 0.108. The Morgan fingerprint density at radius 3 is 1.73 bits per heavy atom. The number of hydrogen-bond acceptors (Lipinski definition) is 1. The summed E-state index contributed by atoms with van der Waals surface area (Å²) >= 11 is -0.993. The number of rotatable bonds is 8. The van der Waals surface area contributed by atoms with Crippen LogP contribution in [0.15, 0.2) is 194 Å². The molecule has 0 amide bonds. The summed E-state index contributed by atoms with van der Waals surface area (Å²) in [6, 6.07) is 73.1. The van der Waals surface area contributed by atoms with Crippen molar-refractivity contribution in [3.8, 4) is 55.6 Å². The van der Waals surface area contributed by atoms with Crippen molar-refractivity contribution in [3.05, 3.63) is 222 Å². The molecule has 9 aromatic carbocycles. The van der Waals surface area contributed by atoms with E-state index in [9.17, 15) is 0 Å². The van der Waals surface area contributed by atoms with Crippen LogP contribution in [0.4, 0.5) is 17.1 Å². The van der Waals surface area contributed by atoms with Crippen LogP contribution in [0.3, 0.4) is 0 Å². The van der Waals surface area contributed by atoms with Crippen LogP contribution in [0, 0.1) is 0 Å². The standard InChI is InChI=1S/C61H52IN/c1-60(2)54-25-13-12-23-51(54)52-37-56-53(38-55(52)60)59-57(61(56,3)4)35-46(45-21-14-16-40(34-45)39-62(5)6)36-58(59)63(47-30-26-42(27-31-47)41-17-8-7-9-18-41)48-32-28-44(29-33-48)50-24-15-20-43-19-10-11-22-49(43)50/h7-38H,39H2,1-6H3. The van der Waals surface area contributed by atoms with Crippen LogP contribution >= 0.6 is 19.8 Å². The molecule has 0 saturated carbocycles. The van der Waals surface area contributed by atoms with Crippen molar-refractivity contribution in [2.75, 3.05) is 14.8 Å². The number of halogens is 1. The Labute approximate surface area is 380 Å². The fraction of sp³-hybridized carbons (Fsp3) is 0.148. The summed E-state index contributed by atoms with van der Waals surface area (Å²) in [5.41, 5.74) is 23.0. The molecule has 0 bridgehead atoms. The normalized spacial score (nSPS) is 14.2. The summed E-state index contributed by atoms with van der Waals surface area (Å²) in [6.07, 6.45) is 0. The second-order valence-corrected chi connectivity index (χ2v) is 24.7. The molecule has 2 aliphatic carbocycles. The Balaban J connectivity index is 1.17. The van der Waals surface area contributed by atoms with Crippen LogP contribution in [-0.2, 0) is 15.3 Å². The maximum absolute atomic E-state index is 2.57.